The predicted molar refractivity (Wildman–Crippen MR) is 134 cm³/mol. The second kappa shape index (κ2) is 12.3. The SMILES string of the molecule is C=CCOC(=O)C(C)(C)COC(=O)OCCn1nc(C#N)c(-c2nc(-c3cccc(C(F)(F)F)c3)sc2Cl)n1. The van der Waals surface area contributed by atoms with Crippen molar-refractivity contribution in [1.29, 1.82) is 5.26 Å². The smallest absolute Gasteiger partial charge is 0.461 e. The third-order valence-corrected chi connectivity index (χ3v) is 6.26. The summed E-state index contributed by atoms with van der Waals surface area (Å²) >= 11 is 7.21. The van der Waals surface area contributed by atoms with Gasteiger partial charge in [-0.25, -0.2) is 9.78 Å². The van der Waals surface area contributed by atoms with Gasteiger partial charge in [0.25, 0.3) is 0 Å². The van der Waals surface area contributed by atoms with E-state index in [9.17, 15) is 28.0 Å². The van der Waals surface area contributed by atoms with Crippen molar-refractivity contribution >= 4 is 35.1 Å². The number of nitriles is 1. The Morgan fingerprint density at radius 3 is 2.62 bits per heavy atom. The summed E-state index contributed by atoms with van der Waals surface area (Å²) in [5.74, 6) is -0.579. The van der Waals surface area contributed by atoms with Gasteiger partial charge in [0.05, 0.1) is 17.5 Å². The van der Waals surface area contributed by atoms with E-state index >= 15 is 0 Å². The average Bonchev–Trinajstić information content (AvgIpc) is 3.48. The zero-order valence-corrected chi connectivity index (χ0v) is 22.2. The summed E-state index contributed by atoms with van der Waals surface area (Å²) in [6.07, 6.45) is -4.16. The van der Waals surface area contributed by atoms with Crippen LogP contribution in [0, 0.1) is 16.7 Å². The molecular formula is C24H21ClF3N5O5S. The number of rotatable bonds is 10. The zero-order chi connectivity index (χ0) is 28.8. The van der Waals surface area contributed by atoms with E-state index < -0.39 is 29.3 Å². The largest absolute Gasteiger partial charge is 0.508 e. The Labute approximate surface area is 229 Å². The van der Waals surface area contributed by atoms with E-state index in [4.69, 9.17) is 25.8 Å². The third-order valence-electron chi connectivity index (χ3n) is 4.95. The van der Waals surface area contributed by atoms with Crippen LogP contribution in [0.5, 0.6) is 0 Å². The molecule has 10 nitrogen and oxygen atoms in total. The minimum atomic E-state index is -4.53. The standard InChI is InChI=1S/C24H21ClF3N5O5S/c1-4-9-36-21(34)23(2,3)13-38-22(35)37-10-8-33-31-16(12-29)17(32-33)18-19(25)39-20(30-18)14-6-5-7-15(11-14)24(26,27)28/h4-7,11H,1,8-10,13H2,2-3H3. The molecule has 0 unspecified atom stereocenters. The molecule has 15 heteroatoms. The highest BCUT2D eigenvalue weighted by atomic mass is 35.5. The molecule has 0 saturated carbocycles. The quantitative estimate of drug-likeness (QED) is 0.224. The van der Waals surface area contributed by atoms with E-state index in [0.717, 1.165) is 28.3 Å². The van der Waals surface area contributed by atoms with Gasteiger partial charge in [0, 0.05) is 5.56 Å². The highest BCUT2D eigenvalue weighted by molar-refractivity contribution is 7.19. The van der Waals surface area contributed by atoms with Crippen molar-refractivity contribution in [2.24, 2.45) is 5.41 Å². The number of carbonyl (C=O) groups excluding carboxylic acids is 2. The van der Waals surface area contributed by atoms with Crippen molar-refractivity contribution in [3.63, 3.8) is 0 Å². The van der Waals surface area contributed by atoms with Gasteiger partial charge in [-0.3, -0.25) is 4.79 Å². The predicted octanol–water partition coefficient (Wildman–Crippen LogP) is 5.52. The molecule has 0 saturated heterocycles. The van der Waals surface area contributed by atoms with Gasteiger partial charge in [-0.05, 0) is 26.0 Å². The van der Waals surface area contributed by atoms with E-state index in [-0.39, 0.29) is 58.4 Å². The number of thiazole rings is 1. The first-order chi connectivity index (χ1) is 18.4. The van der Waals surface area contributed by atoms with Gasteiger partial charge in [0.15, 0.2) is 11.4 Å². The van der Waals surface area contributed by atoms with Crippen molar-refractivity contribution in [1.82, 2.24) is 20.0 Å². The van der Waals surface area contributed by atoms with Gasteiger partial charge in [0.1, 0.15) is 40.9 Å². The van der Waals surface area contributed by atoms with Crippen LogP contribution in [0.2, 0.25) is 4.34 Å². The molecule has 0 bridgehead atoms. The number of carbonyl (C=O) groups is 2. The van der Waals surface area contributed by atoms with Crippen molar-refractivity contribution < 1.29 is 37.0 Å². The highest BCUT2D eigenvalue weighted by Gasteiger charge is 2.32. The van der Waals surface area contributed by atoms with Crippen LogP contribution in [0.25, 0.3) is 22.0 Å². The number of hydrogen-bond donors (Lipinski definition) is 0. The van der Waals surface area contributed by atoms with E-state index in [1.807, 2.05) is 6.07 Å². The molecule has 2 heterocycles. The van der Waals surface area contributed by atoms with E-state index in [0.29, 0.717) is 0 Å². The van der Waals surface area contributed by atoms with Gasteiger partial charge in [-0.15, -0.1) is 16.4 Å². The van der Waals surface area contributed by atoms with E-state index in [2.05, 4.69) is 21.8 Å². The van der Waals surface area contributed by atoms with E-state index in [1.54, 1.807) is 0 Å². The molecule has 0 spiro atoms. The number of aromatic nitrogens is 4. The van der Waals surface area contributed by atoms with Gasteiger partial charge >= 0.3 is 18.3 Å². The Kier molecular flexibility index (Phi) is 9.31. The monoisotopic (exact) mass is 583 g/mol. The van der Waals surface area contributed by atoms with Crippen LogP contribution in [0.1, 0.15) is 25.1 Å². The summed E-state index contributed by atoms with van der Waals surface area (Å²) in [6.45, 7) is 5.94. The molecule has 0 radical (unpaired) electrons. The number of hydrogen-bond acceptors (Lipinski definition) is 10. The molecule has 0 aliphatic carbocycles. The molecule has 2 aromatic heterocycles. The normalized spacial score (nSPS) is 11.5. The molecule has 0 atom stereocenters. The molecule has 0 aliphatic heterocycles. The first-order valence-corrected chi connectivity index (χ1v) is 12.3. The lowest BCUT2D eigenvalue weighted by atomic mass is 9.95. The Hall–Kier alpha value is -3.96. The lowest BCUT2D eigenvalue weighted by molar-refractivity contribution is -0.155. The molecule has 3 rings (SSSR count). The first kappa shape index (κ1) is 29.6. The molecular weight excluding hydrogens is 563 g/mol. The second-order valence-corrected chi connectivity index (χ2v) is 10.1. The minimum absolute atomic E-state index is 0.0133. The molecule has 206 valence electrons. The lowest BCUT2D eigenvalue weighted by Gasteiger charge is -2.21. The fourth-order valence-electron chi connectivity index (χ4n) is 2.96. The molecule has 0 fully saturated rings. The van der Waals surface area contributed by atoms with Crippen LogP contribution < -0.4 is 0 Å². The van der Waals surface area contributed by atoms with Crippen molar-refractivity contribution in [2.45, 2.75) is 26.6 Å². The topological polar surface area (TPSA) is 129 Å². The maximum atomic E-state index is 13.1. The highest BCUT2D eigenvalue weighted by Crippen LogP contribution is 2.39. The van der Waals surface area contributed by atoms with Gasteiger partial charge < -0.3 is 14.2 Å². The zero-order valence-electron chi connectivity index (χ0n) is 20.6. The van der Waals surface area contributed by atoms with Gasteiger partial charge in [0.2, 0.25) is 0 Å². The Morgan fingerprint density at radius 2 is 1.95 bits per heavy atom. The Morgan fingerprint density at radius 1 is 1.21 bits per heavy atom. The fourth-order valence-corrected chi connectivity index (χ4v) is 4.10. The molecule has 1 aromatic carbocycles. The molecule has 39 heavy (non-hydrogen) atoms. The summed E-state index contributed by atoms with van der Waals surface area (Å²) in [5, 5.41) is 17.9. The van der Waals surface area contributed by atoms with E-state index in [1.165, 1.54) is 32.1 Å². The number of halogens is 4. The van der Waals surface area contributed by atoms with Crippen LogP contribution >= 0.6 is 22.9 Å². The average molecular weight is 584 g/mol. The van der Waals surface area contributed by atoms with Crippen molar-refractivity contribution in [2.75, 3.05) is 19.8 Å². The van der Waals surface area contributed by atoms with Crippen molar-refractivity contribution in [3.05, 3.63) is 52.5 Å². The molecule has 0 amide bonds. The second-order valence-electron chi connectivity index (χ2n) is 8.48. The van der Waals surface area contributed by atoms with Gasteiger partial charge in [-0.2, -0.15) is 28.3 Å². The summed E-state index contributed by atoms with van der Waals surface area (Å²) in [4.78, 5) is 29.3. The summed E-state index contributed by atoms with van der Waals surface area (Å²) in [7, 11) is 0. The minimum Gasteiger partial charge on any atom is -0.461 e. The maximum Gasteiger partial charge on any atom is 0.508 e. The number of esters is 1. The number of alkyl halides is 3. The third kappa shape index (κ3) is 7.55. The molecule has 0 aliphatic rings. The fraction of sp³-hybridized carbons (Fsp3) is 0.333. The van der Waals surface area contributed by atoms with Crippen molar-refractivity contribution in [3.8, 4) is 28.0 Å². The van der Waals surface area contributed by atoms with Crippen LogP contribution in [0.15, 0.2) is 36.9 Å². The Bertz CT molecular complexity index is 1410. The summed E-state index contributed by atoms with van der Waals surface area (Å²) < 4.78 is 54.3. The van der Waals surface area contributed by atoms with Gasteiger partial charge in [-0.1, -0.05) is 36.4 Å². The van der Waals surface area contributed by atoms with Crippen LogP contribution in [-0.2, 0) is 31.7 Å². The number of nitrogens with zero attached hydrogens (tertiary/aromatic N) is 5. The molecule has 3 aromatic rings. The number of benzene rings is 1. The van der Waals surface area contributed by atoms with Crippen LogP contribution in [-0.4, -0.2) is 51.9 Å². The first-order valence-electron chi connectivity index (χ1n) is 11.1. The van der Waals surface area contributed by atoms with Crippen LogP contribution in [0.4, 0.5) is 18.0 Å². The maximum absolute atomic E-state index is 13.1. The molecule has 0 N–H and O–H groups in total. The lowest BCUT2D eigenvalue weighted by Crippen LogP contribution is -2.33. The summed E-state index contributed by atoms with van der Waals surface area (Å²) in [5.41, 5.74) is -1.81. The summed E-state index contributed by atoms with van der Waals surface area (Å²) in [6, 6.07) is 6.46. The van der Waals surface area contributed by atoms with Crippen LogP contribution in [0.3, 0.4) is 0 Å². The Balaban J connectivity index is 1.65. The number of ether oxygens (including phenoxy) is 3.